The van der Waals surface area contributed by atoms with E-state index >= 15 is 0 Å². The largest absolute Gasteiger partial charge is 0.417 e. The number of nitrogens with one attached hydrogen (secondary N) is 1. The van der Waals surface area contributed by atoms with Gasteiger partial charge in [-0.3, -0.25) is 9.59 Å². The molecule has 1 saturated heterocycles. The number of pyridine rings is 1. The lowest BCUT2D eigenvalue weighted by molar-refractivity contribution is -0.138. The molecular weight excluding hydrogens is 512 g/mol. The zero-order valence-electron chi connectivity index (χ0n) is 18.2. The van der Waals surface area contributed by atoms with Crippen molar-refractivity contribution in [1.29, 1.82) is 0 Å². The number of rotatable bonds is 7. The van der Waals surface area contributed by atoms with Crippen molar-refractivity contribution in [2.45, 2.75) is 18.6 Å². The summed E-state index contributed by atoms with van der Waals surface area (Å²) in [5.41, 5.74) is -0.625. The monoisotopic (exact) mass is 534 g/mol. The van der Waals surface area contributed by atoms with Crippen molar-refractivity contribution in [2.75, 3.05) is 43.1 Å². The first-order valence-electron chi connectivity index (χ1n) is 10.4. The summed E-state index contributed by atoms with van der Waals surface area (Å²) < 4.78 is 38.6. The first-order chi connectivity index (χ1) is 16.1. The molecule has 1 aliphatic heterocycles. The maximum Gasteiger partial charge on any atom is 0.417 e. The van der Waals surface area contributed by atoms with Gasteiger partial charge in [0.15, 0.2) is 0 Å². The van der Waals surface area contributed by atoms with Gasteiger partial charge in [0.2, 0.25) is 5.91 Å². The van der Waals surface area contributed by atoms with Crippen molar-refractivity contribution in [1.82, 2.24) is 15.2 Å². The third-order valence-corrected chi connectivity index (χ3v) is 6.62. The molecule has 2 aromatic rings. The molecule has 6 nitrogen and oxygen atoms in total. The third kappa shape index (κ3) is 6.49. The zero-order valence-corrected chi connectivity index (χ0v) is 20.6. The van der Waals surface area contributed by atoms with Crippen LogP contribution in [-0.2, 0) is 11.0 Å². The molecule has 2 heterocycles. The molecule has 1 fully saturated rings. The van der Waals surface area contributed by atoms with E-state index in [1.165, 1.54) is 0 Å². The zero-order chi connectivity index (χ0) is 24.9. The van der Waals surface area contributed by atoms with E-state index in [-0.39, 0.29) is 16.7 Å². The van der Waals surface area contributed by atoms with Gasteiger partial charge in [-0.15, -0.1) is 0 Å². The number of carbonyl (C=O) groups is 2. The average Bonchev–Trinajstić information content (AvgIpc) is 2.81. The number of nitrogens with zero attached hydrogens (tertiary/aromatic N) is 3. The molecule has 3 rings (SSSR count). The van der Waals surface area contributed by atoms with Crippen molar-refractivity contribution in [3.8, 4) is 0 Å². The molecule has 12 heteroatoms. The average molecular weight is 535 g/mol. The van der Waals surface area contributed by atoms with E-state index < -0.39 is 23.7 Å². The smallest absolute Gasteiger partial charge is 0.352 e. The van der Waals surface area contributed by atoms with Gasteiger partial charge in [0, 0.05) is 32.4 Å². The molecule has 1 aliphatic rings. The Kier molecular flexibility index (Phi) is 8.95. The van der Waals surface area contributed by atoms with Crippen molar-refractivity contribution >= 4 is 52.6 Å². The summed E-state index contributed by atoms with van der Waals surface area (Å²) in [6, 6.07) is 6.73. The highest BCUT2D eigenvalue weighted by atomic mass is 35.5. The van der Waals surface area contributed by atoms with Crippen LogP contribution in [0, 0.1) is 0 Å². The number of hydrogen-bond donors (Lipinski definition) is 1. The Morgan fingerprint density at radius 1 is 1.15 bits per heavy atom. The Morgan fingerprint density at radius 2 is 1.82 bits per heavy atom. The van der Waals surface area contributed by atoms with Gasteiger partial charge in [-0.1, -0.05) is 35.3 Å². The van der Waals surface area contributed by atoms with E-state index in [9.17, 15) is 22.8 Å². The second-order valence-electron chi connectivity index (χ2n) is 7.63. The molecule has 0 aliphatic carbocycles. The maximum absolute atomic E-state index is 13.2. The normalized spacial score (nSPS) is 15.2. The van der Waals surface area contributed by atoms with E-state index in [2.05, 4.69) is 10.3 Å². The molecular formula is C22H23Cl2F3N4O2S. The fraction of sp³-hybridized carbons (Fsp3) is 0.409. The minimum Gasteiger partial charge on any atom is -0.352 e. The van der Waals surface area contributed by atoms with Crippen LogP contribution in [0.2, 0.25) is 10.0 Å². The quantitative estimate of drug-likeness (QED) is 0.562. The minimum atomic E-state index is -4.53. The molecule has 0 spiro atoms. The predicted octanol–water partition coefficient (Wildman–Crippen LogP) is 4.61. The van der Waals surface area contributed by atoms with Crippen LogP contribution in [0.4, 0.5) is 19.0 Å². The summed E-state index contributed by atoms with van der Waals surface area (Å²) >= 11 is 13.7. The van der Waals surface area contributed by atoms with Crippen molar-refractivity contribution in [3.63, 3.8) is 0 Å². The third-order valence-electron chi connectivity index (χ3n) is 5.37. The molecule has 0 saturated carbocycles. The summed E-state index contributed by atoms with van der Waals surface area (Å²) in [6.45, 7) is 1.32. The lowest BCUT2D eigenvalue weighted by Gasteiger charge is -2.37. The van der Waals surface area contributed by atoms with E-state index in [1.807, 2.05) is 6.26 Å². The number of halogens is 5. The standard InChI is InChI=1S/C22H23Cl2F3N4O2S/c1-34-11-6-18(29-20(32)15-4-2-3-5-16(15)23)21(33)31-9-7-30(8-10-31)19-17(24)12-14(13-28-19)22(25,26)27/h2-5,12-13,18H,6-11H2,1H3,(H,29,32)/t18-/m1/s1. The van der Waals surface area contributed by atoms with Crippen LogP contribution in [-0.4, -0.2) is 65.9 Å². The van der Waals surface area contributed by atoms with Gasteiger partial charge in [-0.2, -0.15) is 24.9 Å². The fourth-order valence-electron chi connectivity index (χ4n) is 3.55. The van der Waals surface area contributed by atoms with Crippen molar-refractivity contribution < 1.29 is 22.8 Å². The van der Waals surface area contributed by atoms with Crippen LogP contribution in [0.1, 0.15) is 22.3 Å². The highest BCUT2D eigenvalue weighted by Gasteiger charge is 2.33. The number of hydrogen-bond acceptors (Lipinski definition) is 5. The highest BCUT2D eigenvalue weighted by molar-refractivity contribution is 7.98. The number of anilines is 1. The van der Waals surface area contributed by atoms with Gasteiger partial charge in [0.05, 0.1) is 21.2 Å². The lowest BCUT2D eigenvalue weighted by atomic mass is 10.1. The van der Waals surface area contributed by atoms with Crippen LogP contribution in [0.15, 0.2) is 36.5 Å². The summed E-state index contributed by atoms with van der Waals surface area (Å²) in [5, 5.41) is 3.00. The number of thioether (sulfide) groups is 1. The highest BCUT2D eigenvalue weighted by Crippen LogP contribution is 2.33. The fourth-order valence-corrected chi connectivity index (χ4v) is 4.53. The topological polar surface area (TPSA) is 65.5 Å². The number of alkyl halides is 3. The van der Waals surface area contributed by atoms with Crippen LogP contribution < -0.4 is 10.2 Å². The second kappa shape index (κ2) is 11.5. The SMILES string of the molecule is CSCC[C@@H](NC(=O)c1ccccc1Cl)C(=O)N1CCN(c2ncc(C(F)(F)F)cc2Cl)CC1. The van der Waals surface area contributed by atoms with Gasteiger partial charge in [-0.05, 0) is 36.6 Å². The summed E-state index contributed by atoms with van der Waals surface area (Å²) in [7, 11) is 0. The van der Waals surface area contributed by atoms with Gasteiger partial charge < -0.3 is 15.1 Å². The molecule has 0 unspecified atom stereocenters. The van der Waals surface area contributed by atoms with E-state index in [4.69, 9.17) is 23.2 Å². The number of benzene rings is 1. The summed E-state index contributed by atoms with van der Waals surface area (Å²) in [6.07, 6.45) is -1.42. The van der Waals surface area contributed by atoms with E-state index in [0.717, 1.165) is 12.3 Å². The molecule has 1 aromatic heterocycles. The van der Waals surface area contributed by atoms with Crippen LogP contribution in [0.3, 0.4) is 0 Å². The Hall–Kier alpha value is -2.17. The van der Waals surface area contributed by atoms with E-state index in [1.54, 1.807) is 45.8 Å². The summed E-state index contributed by atoms with van der Waals surface area (Å²) in [4.78, 5) is 33.2. The summed E-state index contributed by atoms with van der Waals surface area (Å²) in [5.74, 6) is 0.266. The Labute approximate surface area is 209 Å². The number of aromatic nitrogens is 1. The molecule has 2 amide bonds. The van der Waals surface area contributed by atoms with Gasteiger partial charge >= 0.3 is 6.18 Å². The van der Waals surface area contributed by atoms with Crippen LogP contribution >= 0.6 is 35.0 Å². The van der Waals surface area contributed by atoms with Crippen molar-refractivity contribution in [2.24, 2.45) is 0 Å². The maximum atomic E-state index is 13.2. The molecule has 34 heavy (non-hydrogen) atoms. The molecule has 1 N–H and O–H groups in total. The number of carbonyl (C=O) groups excluding carboxylic acids is 2. The predicted molar refractivity (Wildman–Crippen MR) is 129 cm³/mol. The molecule has 184 valence electrons. The minimum absolute atomic E-state index is 0.0977. The first-order valence-corrected chi connectivity index (χ1v) is 12.6. The Morgan fingerprint density at radius 3 is 2.41 bits per heavy atom. The van der Waals surface area contributed by atoms with E-state index in [0.29, 0.717) is 48.9 Å². The van der Waals surface area contributed by atoms with Crippen LogP contribution in [0.25, 0.3) is 0 Å². The Bertz CT molecular complexity index is 1030. The number of amides is 2. The second-order valence-corrected chi connectivity index (χ2v) is 9.43. The van der Waals surface area contributed by atoms with Gasteiger partial charge in [0.25, 0.3) is 5.91 Å². The Balaban J connectivity index is 1.65. The molecule has 1 atom stereocenters. The first kappa shape index (κ1) is 26.4. The molecule has 0 radical (unpaired) electrons. The van der Waals surface area contributed by atoms with Crippen molar-refractivity contribution in [3.05, 3.63) is 57.7 Å². The molecule has 0 bridgehead atoms. The molecule has 1 aromatic carbocycles. The van der Waals surface area contributed by atoms with Gasteiger partial charge in [0.1, 0.15) is 11.9 Å². The van der Waals surface area contributed by atoms with Gasteiger partial charge in [-0.25, -0.2) is 4.98 Å². The number of piperazine rings is 1. The van der Waals surface area contributed by atoms with Crippen LogP contribution in [0.5, 0.6) is 0 Å². The lowest BCUT2D eigenvalue weighted by Crippen LogP contribution is -2.55.